The highest BCUT2D eigenvalue weighted by Crippen LogP contribution is 2.24. The molecule has 0 saturated carbocycles. The number of nitrogens with one attached hydrogen (secondary N) is 1. The predicted octanol–water partition coefficient (Wildman–Crippen LogP) is 1.39. The van der Waals surface area contributed by atoms with Crippen LogP contribution >= 0.6 is 0 Å². The Bertz CT molecular complexity index is 746. The first kappa shape index (κ1) is 20.6. The first-order valence-electron chi connectivity index (χ1n) is 8.88. The summed E-state index contributed by atoms with van der Waals surface area (Å²) in [6.45, 7) is 4.43. The van der Waals surface area contributed by atoms with Gasteiger partial charge in [0, 0.05) is 20.2 Å². The molecule has 0 unspecified atom stereocenters. The summed E-state index contributed by atoms with van der Waals surface area (Å²) < 4.78 is 9.97. The number of fused-ring (bicyclic) bond motifs is 1. The summed E-state index contributed by atoms with van der Waals surface area (Å²) in [5, 5.41) is 2.57. The summed E-state index contributed by atoms with van der Waals surface area (Å²) in [5.41, 5.74) is 0.574. The first-order valence-corrected chi connectivity index (χ1v) is 8.88. The van der Waals surface area contributed by atoms with Gasteiger partial charge in [-0.25, -0.2) is 4.79 Å². The SMILES string of the molecule is CCCCN1C(=O)c2ccc(C(=O)O[C@H](C)C(=O)NCCOC)cc2C1=O. The van der Waals surface area contributed by atoms with E-state index in [4.69, 9.17) is 9.47 Å². The second-order valence-electron chi connectivity index (χ2n) is 6.21. The second-order valence-corrected chi connectivity index (χ2v) is 6.21. The Hall–Kier alpha value is -2.74. The van der Waals surface area contributed by atoms with Crippen molar-refractivity contribution in [3.8, 4) is 0 Å². The number of hydrogen-bond donors (Lipinski definition) is 1. The Morgan fingerprint density at radius 1 is 1.19 bits per heavy atom. The molecule has 3 amide bonds. The molecule has 0 fully saturated rings. The minimum Gasteiger partial charge on any atom is -0.449 e. The van der Waals surface area contributed by atoms with Crippen molar-refractivity contribution in [3.63, 3.8) is 0 Å². The molecule has 0 spiro atoms. The second kappa shape index (κ2) is 9.27. The lowest BCUT2D eigenvalue weighted by Gasteiger charge is -2.13. The Morgan fingerprint density at radius 3 is 2.56 bits per heavy atom. The Morgan fingerprint density at radius 2 is 1.89 bits per heavy atom. The quantitative estimate of drug-likeness (QED) is 0.397. The lowest BCUT2D eigenvalue weighted by atomic mass is 10.1. The van der Waals surface area contributed by atoms with Crippen LogP contribution in [0.3, 0.4) is 0 Å². The number of imide groups is 1. The molecule has 146 valence electrons. The summed E-state index contributed by atoms with van der Waals surface area (Å²) in [4.78, 5) is 50.1. The zero-order valence-electron chi connectivity index (χ0n) is 15.7. The van der Waals surface area contributed by atoms with Gasteiger partial charge in [-0.15, -0.1) is 0 Å². The molecule has 1 aliphatic heterocycles. The maximum Gasteiger partial charge on any atom is 0.338 e. The van der Waals surface area contributed by atoms with E-state index >= 15 is 0 Å². The van der Waals surface area contributed by atoms with Crippen LogP contribution in [-0.2, 0) is 14.3 Å². The maximum atomic E-state index is 12.4. The molecule has 0 bridgehead atoms. The van der Waals surface area contributed by atoms with Crippen molar-refractivity contribution >= 4 is 23.7 Å². The van der Waals surface area contributed by atoms with Gasteiger partial charge in [0.15, 0.2) is 6.10 Å². The van der Waals surface area contributed by atoms with Crippen LogP contribution in [0.1, 0.15) is 57.8 Å². The van der Waals surface area contributed by atoms with E-state index in [1.807, 2.05) is 6.92 Å². The number of nitrogens with zero attached hydrogens (tertiary/aromatic N) is 1. The van der Waals surface area contributed by atoms with Gasteiger partial charge in [0.1, 0.15) is 0 Å². The highest BCUT2D eigenvalue weighted by molar-refractivity contribution is 6.22. The van der Waals surface area contributed by atoms with Crippen molar-refractivity contribution in [3.05, 3.63) is 34.9 Å². The minimum atomic E-state index is -0.999. The molecule has 1 aromatic rings. The lowest BCUT2D eigenvalue weighted by molar-refractivity contribution is -0.129. The molecule has 2 rings (SSSR count). The number of esters is 1. The number of methoxy groups -OCH3 is 1. The van der Waals surface area contributed by atoms with Gasteiger partial charge >= 0.3 is 5.97 Å². The normalized spacial score (nSPS) is 14.1. The van der Waals surface area contributed by atoms with Crippen LogP contribution in [-0.4, -0.2) is 61.5 Å². The van der Waals surface area contributed by atoms with Crippen molar-refractivity contribution in [1.82, 2.24) is 10.2 Å². The monoisotopic (exact) mass is 376 g/mol. The predicted molar refractivity (Wildman–Crippen MR) is 96.5 cm³/mol. The summed E-state index contributed by atoms with van der Waals surface area (Å²) in [7, 11) is 1.51. The van der Waals surface area contributed by atoms with E-state index in [1.54, 1.807) is 0 Å². The molecule has 0 aromatic heterocycles. The number of amides is 3. The van der Waals surface area contributed by atoms with Gasteiger partial charge in [0.2, 0.25) is 0 Å². The number of rotatable bonds is 9. The third-order valence-corrected chi connectivity index (χ3v) is 4.20. The highest BCUT2D eigenvalue weighted by atomic mass is 16.5. The van der Waals surface area contributed by atoms with Crippen LogP contribution in [0.15, 0.2) is 18.2 Å². The van der Waals surface area contributed by atoms with Crippen LogP contribution in [0.25, 0.3) is 0 Å². The third kappa shape index (κ3) is 4.71. The van der Waals surface area contributed by atoms with Crippen molar-refractivity contribution in [2.75, 3.05) is 26.8 Å². The average Bonchev–Trinajstić information content (AvgIpc) is 2.90. The molecule has 27 heavy (non-hydrogen) atoms. The molecule has 1 atom stereocenters. The van der Waals surface area contributed by atoms with Crippen LogP contribution < -0.4 is 5.32 Å². The summed E-state index contributed by atoms with van der Waals surface area (Å²) >= 11 is 0. The lowest BCUT2D eigenvalue weighted by Crippen LogP contribution is -2.37. The fourth-order valence-electron chi connectivity index (χ4n) is 2.64. The van der Waals surface area contributed by atoms with E-state index in [0.717, 1.165) is 12.8 Å². The molecule has 0 aliphatic carbocycles. The van der Waals surface area contributed by atoms with Crippen molar-refractivity contribution < 1.29 is 28.7 Å². The van der Waals surface area contributed by atoms with Gasteiger partial charge in [-0.1, -0.05) is 13.3 Å². The number of hydrogen-bond acceptors (Lipinski definition) is 6. The maximum absolute atomic E-state index is 12.4. The first-order chi connectivity index (χ1) is 12.9. The van der Waals surface area contributed by atoms with E-state index in [0.29, 0.717) is 19.7 Å². The van der Waals surface area contributed by atoms with Crippen molar-refractivity contribution in [2.24, 2.45) is 0 Å². The van der Waals surface area contributed by atoms with Gasteiger partial charge in [0.25, 0.3) is 17.7 Å². The van der Waals surface area contributed by atoms with Gasteiger partial charge in [0.05, 0.1) is 23.3 Å². The van der Waals surface area contributed by atoms with E-state index < -0.39 is 23.9 Å². The average molecular weight is 376 g/mol. The van der Waals surface area contributed by atoms with Crippen LogP contribution in [0.4, 0.5) is 0 Å². The van der Waals surface area contributed by atoms with Gasteiger partial charge in [-0.2, -0.15) is 0 Å². The highest BCUT2D eigenvalue weighted by Gasteiger charge is 2.35. The summed E-state index contributed by atoms with van der Waals surface area (Å²) in [6.07, 6.45) is 0.576. The van der Waals surface area contributed by atoms with Crippen LogP contribution in [0, 0.1) is 0 Å². The zero-order chi connectivity index (χ0) is 20.0. The largest absolute Gasteiger partial charge is 0.449 e. The van der Waals surface area contributed by atoms with E-state index in [2.05, 4.69) is 5.32 Å². The third-order valence-electron chi connectivity index (χ3n) is 4.20. The Balaban J connectivity index is 2.06. The molecule has 8 nitrogen and oxygen atoms in total. The van der Waals surface area contributed by atoms with Gasteiger partial charge < -0.3 is 14.8 Å². The molecule has 1 N–H and O–H groups in total. The molecule has 0 radical (unpaired) electrons. The van der Waals surface area contributed by atoms with Gasteiger partial charge in [-0.3, -0.25) is 19.3 Å². The Kier molecular flexibility index (Phi) is 7.06. The Labute approximate surface area is 157 Å². The fourth-order valence-corrected chi connectivity index (χ4v) is 2.64. The number of carbonyl (C=O) groups is 4. The van der Waals surface area contributed by atoms with E-state index in [9.17, 15) is 19.2 Å². The van der Waals surface area contributed by atoms with Crippen molar-refractivity contribution in [1.29, 1.82) is 0 Å². The standard InChI is InChI=1S/C19H24N2O6/c1-4-5-9-21-17(23)14-7-6-13(11-15(14)18(21)24)19(25)27-12(2)16(22)20-8-10-26-3/h6-7,11-12H,4-5,8-10H2,1-3H3,(H,20,22)/t12-/m1/s1. The number of carbonyl (C=O) groups excluding carboxylic acids is 4. The smallest absolute Gasteiger partial charge is 0.338 e. The van der Waals surface area contributed by atoms with E-state index in [-0.39, 0.29) is 22.6 Å². The zero-order valence-corrected chi connectivity index (χ0v) is 15.7. The minimum absolute atomic E-state index is 0.115. The molecular formula is C19H24N2O6. The summed E-state index contributed by atoms with van der Waals surface area (Å²) in [6, 6.07) is 4.21. The number of unbranched alkanes of at least 4 members (excludes halogenated alkanes) is 1. The topological polar surface area (TPSA) is 102 Å². The summed E-state index contributed by atoms with van der Waals surface area (Å²) in [5.74, 6) is -1.95. The molecule has 1 heterocycles. The van der Waals surface area contributed by atoms with E-state index in [1.165, 1.54) is 37.1 Å². The van der Waals surface area contributed by atoms with Crippen LogP contribution in [0.5, 0.6) is 0 Å². The molecular weight excluding hydrogens is 352 g/mol. The molecule has 8 heteroatoms. The van der Waals surface area contributed by atoms with Crippen molar-refractivity contribution in [2.45, 2.75) is 32.8 Å². The molecule has 0 saturated heterocycles. The molecule has 1 aliphatic rings. The number of ether oxygens (including phenoxy) is 2. The van der Waals surface area contributed by atoms with Crippen LogP contribution in [0.2, 0.25) is 0 Å². The fraction of sp³-hybridized carbons (Fsp3) is 0.474. The number of benzene rings is 1. The molecule has 1 aromatic carbocycles. The van der Waals surface area contributed by atoms with Gasteiger partial charge in [-0.05, 0) is 31.5 Å².